The highest BCUT2D eigenvalue weighted by Gasteiger charge is 2.23. The minimum absolute atomic E-state index is 0.00702. The Morgan fingerprint density at radius 3 is 3.00 bits per heavy atom. The summed E-state index contributed by atoms with van der Waals surface area (Å²) in [6.45, 7) is 5.16. The van der Waals surface area contributed by atoms with Crippen molar-refractivity contribution in [2.24, 2.45) is 0 Å². The summed E-state index contributed by atoms with van der Waals surface area (Å²) < 4.78 is 0. The lowest BCUT2D eigenvalue weighted by molar-refractivity contribution is -0.116. The molecule has 1 amide bonds. The molecule has 0 heterocycles. The molecule has 112 valence electrons. The zero-order valence-corrected chi connectivity index (χ0v) is 13.0. The SMILES string of the molecule is C#CCN(C(C)=O)c1cccc2c1CCC(NCCC)C2. The predicted molar refractivity (Wildman–Crippen MR) is 87.4 cm³/mol. The van der Waals surface area contributed by atoms with Crippen molar-refractivity contribution in [2.45, 2.75) is 45.6 Å². The van der Waals surface area contributed by atoms with E-state index in [9.17, 15) is 4.79 Å². The molecule has 1 aliphatic rings. The van der Waals surface area contributed by atoms with Crippen LogP contribution in [0.5, 0.6) is 0 Å². The molecule has 0 spiro atoms. The van der Waals surface area contributed by atoms with Crippen LogP contribution in [0.15, 0.2) is 18.2 Å². The van der Waals surface area contributed by atoms with Crippen molar-refractivity contribution < 1.29 is 4.79 Å². The van der Waals surface area contributed by atoms with Crippen molar-refractivity contribution in [3.8, 4) is 12.3 Å². The van der Waals surface area contributed by atoms with Gasteiger partial charge in [0.15, 0.2) is 0 Å². The molecule has 1 aliphatic carbocycles. The highest BCUT2D eigenvalue weighted by atomic mass is 16.2. The van der Waals surface area contributed by atoms with Gasteiger partial charge in [-0.15, -0.1) is 6.42 Å². The summed E-state index contributed by atoms with van der Waals surface area (Å²) in [5.41, 5.74) is 3.63. The smallest absolute Gasteiger partial charge is 0.224 e. The zero-order chi connectivity index (χ0) is 15.2. The van der Waals surface area contributed by atoms with Gasteiger partial charge in [0.25, 0.3) is 0 Å². The Hall–Kier alpha value is -1.79. The molecule has 0 radical (unpaired) electrons. The Morgan fingerprint density at radius 2 is 2.33 bits per heavy atom. The van der Waals surface area contributed by atoms with E-state index in [4.69, 9.17) is 6.42 Å². The molecule has 0 aromatic heterocycles. The molecule has 1 atom stereocenters. The van der Waals surface area contributed by atoms with Crippen LogP contribution >= 0.6 is 0 Å². The fraction of sp³-hybridized carbons (Fsp3) is 0.500. The van der Waals surface area contributed by atoms with Crippen LogP contribution in [0.4, 0.5) is 5.69 Å². The summed E-state index contributed by atoms with van der Waals surface area (Å²) in [4.78, 5) is 13.6. The number of hydrogen-bond acceptors (Lipinski definition) is 2. The number of nitrogens with zero attached hydrogens (tertiary/aromatic N) is 1. The second-order valence-corrected chi connectivity index (χ2v) is 5.62. The predicted octanol–water partition coefficient (Wildman–Crippen LogP) is 2.53. The average molecular weight is 284 g/mol. The second kappa shape index (κ2) is 7.28. The van der Waals surface area contributed by atoms with Crippen LogP contribution < -0.4 is 10.2 Å². The van der Waals surface area contributed by atoms with Crippen LogP contribution in [0.1, 0.15) is 37.8 Å². The summed E-state index contributed by atoms with van der Waals surface area (Å²) in [7, 11) is 0. The minimum atomic E-state index is 0.00702. The van der Waals surface area contributed by atoms with E-state index in [1.54, 1.807) is 11.8 Å². The van der Waals surface area contributed by atoms with Gasteiger partial charge in [0.1, 0.15) is 0 Å². The first kappa shape index (κ1) is 15.6. The van der Waals surface area contributed by atoms with E-state index >= 15 is 0 Å². The number of nitrogens with one attached hydrogen (secondary N) is 1. The molecule has 1 unspecified atom stereocenters. The second-order valence-electron chi connectivity index (χ2n) is 5.62. The van der Waals surface area contributed by atoms with Crippen LogP contribution in [0.2, 0.25) is 0 Å². The fourth-order valence-electron chi connectivity index (χ4n) is 3.02. The number of carbonyl (C=O) groups excluding carboxylic acids is 1. The first-order chi connectivity index (χ1) is 10.2. The van der Waals surface area contributed by atoms with Gasteiger partial charge >= 0.3 is 0 Å². The highest BCUT2D eigenvalue weighted by molar-refractivity contribution is 5.93. The van der Waals surface area contributed by atoms with Crippen LogP contribution in [-0.2, 0) is 17.6 Å². The molecule has 2 rings (SSSR count). The normalized spacial score (nSPS) is 16.9. The first-order valence-electron chi connectivity index (χ1n) is 7.73. The minimum Gasteiger partial charge on any atom is -0.314 e. The number of terminal acetylenes is 1. The van der Waals surface area contributed by atoms with Gasteiger partial charge in [-0.25, -0.2) is 0 Å². The summed E-state index contributed by atoms with van der Waals surface area (Å²) in [5, 5.41) is 3.60. The summed E-state index contributed by atoms with van der Waals surface area (Å²) in [5.74, 6) is 2.59. The van der Waals surface area contributed by atoms with Gasteiger partial charge in [0.2, 0.25) is 5.91 Å². The molecule has 0 aliphatic heterocycles. The summed E-state index contributed by atoms with van der Waals surface area (Å²) in [6, 6.07) is 6.76. The van der Waals surface area contributed by atoms with Crippen molar-refractivity contribution >= 4 is 11.6 Å². The van der Waals surface area contributed by atoms with Crippen LogP contribution in [0.25, 0.3) is 0 Å². The van der Waals surface area contributed by atoms with E-state index in [1.165, 1.54) is 11.1 Å². The third-order valence-corrected chi connectivity index (χ3v) is 4.06. The van der Waals surface area contributed by atoms with Crippen molar-refractivity contribution in [1.29, 1.82) is 0 Å². The highest BCUT2D eigenvalue weighted by Crippen LogP contribution is 2.30. The molecule has 0 fully saturated rings. The van der Waals surface area contributed by atoms with Gasteiger partial charge in [-0.1, -0.05) is 25.0 Å². The molecule has 1 aromatic rings. The average Bonchev–Trinajstić information content (AvgIpc) is 2.49. The maximum Gasteiger partial charge on any atom is 0.224 e. The number of benzene rings is 1. The fourth-order valence-corrected chi connectivity index (χ4v) is 3.02. The van der Waals surface area contributed by atoms with Gasteiger partial charge in [-0.05, 0) is 49.4 Å². The molecule has 0 saturated heterocycles. The molecular formula is C18H24N2O. The largest absolute Gasteiger partial charge is 0.314 e. The quantitative estimate of drug-likeness (QED) is 0.843. The lowest BCUT2D eigenvalue weighted by atomic mass is 9.86. The van der Waals surface area contributed by atoms with Crippen molar-refractivity contribution in [2.75, 3.05) is 18.0 Å². The van der Waals surface area contributed by atoms with Crippen molar-refractivity contribution in [1.82, 2.24) is 5.32 Å². The van der Waals surface area contributed by atoms with E-state index in [-0.39, 0.29) is 5.91 Å². The Bertz CT molecular complexity index is 545. The molecule has 1 aromatic carbocycles. The Morgan fingerprint density at radius 1 is 1.52 bits per heavy atom. The Balaban J connectivity index is 2.24. The van der Waals surface area contributed by atoms with E-state index in [2.05, 4.69) is 24.2 Å². The number of amides is 1. The number of hydrogen-bond donors (Lipinski definition) is 1. The van der Waals surface area contributed by atoms with Gasteiger partial charge < -0.3 is 10.2 Å². The molecule has 1 N–H and O–H groups in total. The molecule has 21 heavy (non-hydrogen) atoms. The van der Waals surface area contributed by atoms with Gasteiger partial charge in [0, 0.05) is 18.7 Å². The third-order valence-electron chi connectivity index (χ3n) is 4.06. The number of anilines is 1. The molecular weight excluding hydrogens is 260 g/mol. The van der Waals surface area contributed by atoms with E-state index in [0.717, 1.165) is 37.9 Å². The molecule has 0 bridgehead atoms. The standard InChI is InChI=1S/C18H24N2O/c1-4-11-19-16-9-10-17-15(13-16)7-6-8-18(17)20(12-5-2)14(3)21/h2,6-8,16,19H,4,9-13H2,1,3H3. The summed E-state index contributed by atoms with van der Waals surface area (Å²) >= 11 is 0. The molecule has 3 heteroatoms. The number of carbonyl (C=O) groups is 1. The van der Waals surface area contributed by atoms with Gasteiger partial charge in [-0.2, -0.15) is 0 Å². The van der Waals surface area contributed by atoms with Gasteiger partial charge in [-0.3, -0.25) is 4.79 Å². The van der Waals surface area contributed by atoms with E-state index < -0.39 is 0 Å². The number of fused-ring (bicyclic) bond motifs is 1. The zero-order valence-electron chi connectivity index (χ0n) is 13.0. The monoisotopic (exact) mass is 284 g/mol. The van der Waals surface area contributed by atoms with Crippen LogP contribution in [0, 0.1) is 12.3 Å². The van der Waals surface area contributed by atoms with Crippen molar-refractivity contribution in [3.63, 3.8) is 0 Å². The summed E-state index contributed by atoms with van der Waals surface area (Å²) in [6.07, 6.45) is 9.71. The Labute approximate surface area is 127 Å². The lowest BCUT2D eigenvalue weighted by Crippen LogP contribution is -2.36. The van der Waals surface area contributed by atoms with Crippen molar-refractivity contribution in [3.05, 3.63) is 29.3 Å². The van der Waals surface area contributed by atoms with Gasteiger partial charge in [0.05, 0.1) is 6.54 Å². The van der Waals surface area contributed by atoms with Crippen LogP contribution in [-0.4, -0.2) is 25.0 Å². The van der Waals surface area contributed by atoms with E-state index in [1.807, 2.05) is 12.1 Å². The number of rotatable bonds is 5. The molecule has 3 nitrogen and oxygen atoms in total. The lowest BCUT2D eigenvalue weighted by Gasteiger charge is -2.30. The molecule has 0 saturated carbocycles. The Kier molecular flexibility index (Phi) is 5.41. The maximum absolute atomic E-state index is 11.8. The first-order valence-corrected chi connectivity index (χ1v) is 7.73. The topological polar surface area (TPSA) is 32.3 Å². The maximum atomic E-state index is 11.8. The van der Waals surface area contributed by atoms with Crippen LogP contribution in [0.3, 0.4) is 0 Å². The van der Waals surface area contributed by atoms with E-state index in [0.29, 0.717) is 12.6 Å². The third kappa shape index (κ3) is 3.65.